The van der Waals surface area contributed by atoms with Crippen LogP contribution in [-0.2, 0) is 9.59 Å². The van der Waals surface area contributed by atoms with Crippen LogP contribution in [0.2, 0.25) is 0 Å². The third-order valence-electron chi connectivity index (χ3n) is 2.64. The topological polar surface area (TPSA) is 49.4 Å². The van der Waals surface area contributed by atoms with Gasteiger partial charge < -0.3 is 10.2 Å². The van der Waals surface area contributed by atoms with Crippen molar-refractivity contribution in [3.05, 3.63) is 0 Å². The summed E-state index contributed by atoms with van der Waals surface area (Å²) in [6.45, 7) is 3.85. The van der Waals surface area contributed by atoms with E-state index in [0.29, 0.717) is 12.8 Å². The van der Waals surface area contributed by atoms with Crippen molar-refractivity contribution in [3.63, 3.8) is 0 Å². The van der Waals surface area contributed by atoms with Crippen LogP contribution in [-0.4, -0.2) is 35.3 Å². The number of carbonyl (C=O) groups excluding carboxylic acids is 2. The number of carbonyl (C=O) groups is 2. The number of nitrogens with zero attached hydrogens (tertiary/aromatic N) is 1. The van der Waals surface area contributed by atoms with Crippen molar-refractivity contribution < 1.29 is 9.59 Å². The van der Waals surface area contributed by atoms with Gasteiger partial charge >= 0.3 is 0 Å². The zero-order valence-corrected chi connectivity index (χ0v) is 9.12. The molecule has 0 spiro atoms. The summed E-state index contributed by atoms with van der Waals surface area (Å²) in [5.74, 6) is 2.36. The van der Waals surface area contributed by atoms with Gasteiger partial charge in [-0.2, -0.15) is 0 Å². The quantitative estimate of drug-likeness (QED) is 0.670. The van der Waals surface area contributed by atoms with Crippen molar-refractivity contribution in [2.24, 2.45) is 0 Å². The van der Waals surface area contributed by atoms with E-state index in [2.05, 4.69) is 11.2 Å². The van der Waals surface area contributed by atoms with Gasteiger partial charge in [0.05, 0.1) is 12.6 Å². The number of piperazine rings is 1. The maximum Gasteiger partial charge on any atom is 0.243 e. The average Bonchev–Trinajstić information content (AvgIpc) is 2.25. The first kappa shape index (κ1) is 11.6. The molecule has 0 aliphatic carbocycles. The Morgan fingerprint density at radius 2 is 2.27 bits per heavy atom. The van der Waals surface area contributed by atoms with Gasteiger partial charge in [-0.25, -0.2) is 0 Å². The van der Waals surface area contributed by atoms with Gasteiger partial charge in [-0.05, 0) is 12.8 Å². The minimum Gasteiger partial charge on any atom is -0.345 e. The average molecular weight is 208 g/mol. The Balaban J connectivity index is 2.93. The smallest absolute Gasteiger partial charge is 0.243 e. The Morgan fingerprint density at radius 1 is 1.60 bits per heavy atom. The highest BCUT2D eigenvalue weighted by Gasteiger charge is 2.36. The highest BCUT2D eigenvalue weighted by molar-refractivity contribution is 5.95. The number of hydrogen-bond donors (Lipinski definition) is 1. The van der Waals surface area contributed by atoms with Gasteiger partial charge in [0.15, 0.2) is 0 Å². The largest absolute Gasteiger partial charge is 0.345 e. The molecule has 1 fully saturated rings. The minimum atomic E-state index is -0.410. The molecule has 2 amide bonds. The molecule has 0 aromatic carbocycles. The highest BCUT2D eigenvalue weighted by Crippen LogP contribution is 2.15. The van der Waals surface area contributed by atoms with Crippen molar-refractivity contribution in [1.82, 2.24) is 10.2 Å². The van der Waals surface area contributed by atoms with Gasteiger partial charge in [0.25, 0.3) is 0 Å². The fraction of sp³-hybridized carbons (Fsp3) is 0.636. The lowest BCUT2D eigenvalue weighted by molar-refractivity contribution is -0.147. The Labute approximate surface area is 90.0 Å². The van der Waals surface area contributed by atoms with Crippen LogP contribution in [0.4, 0.5) is 0 Å². The SMILES string of the molecule is C#CC(CC)N1C(=O)CNC(=O)C1CC. The van der Waals surface area contributed by atoms with Crippen molar-refractivity contribution in [2.75, 3.05) is 6.54 Å². The lowest BCUT2D eigenvalue weighted by Crippen LogP contribution is -2.60. The number of hydrogen-bond acceptors (Lipinski definition) is 2. The van der Waals surface area contributed by atoms with E-state index in [1.807, 2.05) is 13.8 Å². The molecule has 1 aliphatic rings. The molecule has 0 saturated carbocycles. The van der Waals surface area contributed by atoms with Crippen LogP contribution in [0, 0.1) is 12.3 Å². The van der Waals surface area contributed by atoms with Crippen molar-refractivity contribution >= 4 is 11.8 Å². The number of rotatable bonds is 3. The normalized spacial score (nSPS) is 23.3. The van der Waals surface area contributed by atoms with E-state index < -0.39 is 6.04 Å². The standard InChI is InChI=1S/C11H16N2O2/c1-4-8(5-2)13-9(6-3)11(15)12-7-10(13)14/h1,8-9H,5-7H2,2-3H3,(H,12,15). The molecule has 1 heterocycles. The Kier molecular flexibility index (Phi) is 3.73. The lowest BCUT2D eigenvalue weighted by atomic mass is 10.0. The summed E-state index contributed by atoms with van der Waals surface area (Å²) in [6.07, 6.45) is 6.63. The fourth-order valence-corrected chi connectivity index (χ4v) is 1.84. The first-order chi connectivity index (χ1) is 7.15. The zero-order valence-electron chi connectivity index (χ0n) is 9.12. The number of terminal acetylenes is 1. The second kappa shape index (κ2) is 4.83. The molecule has 1 rings (SSSR count). The van der Waals surface area contributed by atoms with Crippen LogP contribution in [0.5, 0.6) is 0 Å². The fourth-order valence-electron chi connectivity index (χ4n) is 1.84. The van der Waals surface area contributed by atoms with Crippen LogP contribution in [0.3, 0.4) is 0 Å². The lowest BCUT2D eigenvalue weighted by Gasteiger charge is -2.37. The minimum absolute atomic E-state index is 0.0630. The summed E-state index contributed by atoms with van der Waals surface area (Å²) in [7, 11) is 0. The van der Waals surface area contributed by atoms with Crippen LogP contribution >= 0.6 is 0 Å². The maximum atomic E-state index is 11.7. The summed E-state index contributed by atoms with van der Waals surface area (Å²) < 4.78 is 0. The van der Waals surface area contributed by atoms with Crippen LogP contribution in [0.1, 0.15) is 26.7 Å². The van der Waals surface area contributed by atoms with E-state index in [1.54, 1.807) is 4.90 Å². The molecule has 2 atom stereocenters. The van der Waals surface area contributed by atoms with Gasteiger partial charge in [-0.1, -0.05) is 19.8 Å². The molecule has 82 valence electrons. The summed E-state index contributed by atoms with van der Waals surface area (Å²) in [6, 6.07) is -0.680. The van der Waals surface area contributed by atoms with E-state index >= 15 is 0 Å². The second-order valence-corrected chi connectivity index (χ2v) is 3.53. The van der Waals surface area contributed by atoms with Crippen molar-refractivity contribution in [1.29, 1.82) is 0 Å². The van der Waals surface area contributed by atoms with Gasteiger partial charge in [-0.3, -0.25) is 9.59 Å². The molecule has 1 aliphatic heterocycles. The monoisotopic (exact) mass is 208 g/mol. The molecular formula is C11H16N2O2. The molecule has 0 bridgehead atoms. The molecule has 0 aromatic rings. The van der Waals surface area contributed by atoms with E-state index in [4.69, 9.17) is 6.42 Å². The first-order valence-corrected chi connectivity index (χ1v) is 5.20. The van der Waals surface area contributed by atoms with Crippen LogP contribution in [0.15, 0.2) is 0 Å². The van der Waals surface area contributed by atoms with Crippen LogP contribution < -0.4 is 5.32 Å². The Morgan fingerprint density at radius 3 is 2.73 bits per heavy atom. The molecule has 2 unspecified atom stereocenters. The van der Waals surface area contributed by atoms with Crippen molar-refractivity contribution in [3.8, 4) is 12.3 Å². The summed E-state index contributed by atoms with van der Waals surface area (Å²) in [5.41, 5.74) is 0. The van der Waals surface area contributed by atoms with E-state index in [9.17, 15) is 9.59 Å². The van der Waals surface area contributed by atoms with Gasteiger partial charge in [-0.15, -0.1) is 6.42 Å². The molecule has 4 nitrogen and oxygen atoms in total. The second-order valence-electron chi connectivity index (χ2n) is 3.53. The Bertz CT molecular complexity index is 306. The number of amides is 2. The van der Waals surface area contributed by atoms with E-state index in [1.165, 1.54) is 0 Å². The summed E-state index contributed by atoms with van der Waals surface area (Å²) in [4.78, 5) is 24.8. The molecule has 1 N–H and O–H groups in total. The van der Waals surface area contributed by atoms with Gasteiger partial charge in [0, 0.05) is 0 Å². The molecule has 0 aromatic heterocycles. The van der Waals surface area contributed by atoms with Crippen LogP contribution in [0.25, 0.3) is 0 Å². The molecular weight excluding hydrogens is 192 g/mol. The molecule has 4 heteroatoms. The predicted octanol–water partition coefficient (Wildman–Crippen LogP) is 0.135. The summed E-state index contributed by atoms with van der Waals surface area (Å²) >= 11 is 0. The first-order valence-electron chi connectivity index (χ1n) is 5.20. The highest BCUT2D eigenvalue weighted by atomic mass is 16.2. The van der Waals surface area contributed by atoms with E-state index in [0.717, 1.165) is 0 Å². The van der Waals surface area contributed by atoms with Gasteiger partial charge in [0.1, 0.15) is 6.04 Å². The molecule has 1 saturated heterocycles. The van der Waals surface area contributed by atoms with Crippen molar-refractivity contribution in [2.45, 2.75) is 38.8 Å². The third-order valence-corrected chi connectivity index (χ3v) is 2.64. The Hall–Kier alpha value is -1.50. The summed E-state index contributed by atoms with van der Waals surface area (Å²) in [5, 5.41) is 2.57. The third kappa shape index (κ3) is 2.12. The molecule has 0 radical (unpaired) electrons. The van der Waals surface area contributed by atoms with E-state index in [-0.39, 0.29) is 24.4 Å². The van der Waals surface area contributed by atoms with Gasteiger partial charge in [0.2, 0.25) is 11.8 Å². The number of nitrogens with one attached hydrogen (secondary N) is 1. The zero-order chi connectivity index (χ0) is 11.4. The molecule has 15 heavy (non-hydrogen) atoms. The predicted molar refractivity (Wildman–Crippen MR) is 56.8 cm³/mol. The maximum absolute atomic E-state index is 11.7.